The topological polar surface area (TPSA) is 75.7 Å². The number of nitrogens with one attached hydrogen (secondary N) is 1. The van der Waals surface area contributed by atoms with E-state index in [1.807, 2.05) is 18.2 Å². The number of benzene rings is 2. The van der Waals surface area contributed by atoms with Crippen LogP contribution in [0.1, 0.15) is 40.7 Å². The van der Waals surface area contributed by atoms with Gasteiger partial charge in [-0.25, -0.2) is 0 Å². The third-order valence-electron chi connectivity index (χ3n) is 5.15. The Morgan fingerprint density at radius 2 is 1.83 bits per heavy atom. The van der Waals surface area contributed by atoms with Crippen molar-refractivity contribution in [3.63, 3.8) is 0 Å². The van der Waals surface area contributed by atoms with Crippen LogP contribution in [0, 0.1) is 0 Å². The quantitative estimate of drug-likeness (QED) is 0.698. The molecule has 0 radical (unpaired) electrons. The van der Waals surface area contributed by atoms with Crippen molar-refractivity contribution in [1.29, 1.82) is 0 Å². The van der Waals surface area contributed by atoms with Gasteiger partial charge in [-0.15, -0.1) is 0 Å². The zero-order valence-electron chi connectivity index (χ0n) is 16.9. The Bertz CT molecular complexity index is 923. The van der Waals surface area contributed by atoms with E-state index in [-0.39, 0.29) is 37.0 Å². The molecule has 2 amide bonds. The fourth-order valence-electron chi connectivity index (χ4n) is 3.51. The molecule has 3 rings (SSSR count). The van der Waals surface area contributed by atoms with Gasteiger partial charge in [0, 0.05) is 37.2 Å². The van der Waals surface area contributed by atoms with E-state index in [4.69, 9.17) is 4.74 Å². The molecule has 152 valence electrons. The van der Waals surface area contributed by atoms with Crippen LogP contribution in [0.25, 0.3) is 0 Å². The molecule has 6 nitrogen and oxygen atoms in total. The van der Waals surface area contributed by atoms with E-state index in [0.29, 0.717) is 17.0 Å². The molecule has 29 heavy (non-hydrogen) atoms. The summed E-state index contributed by atoms with van der Waals surface area (Å²) in [5.41, 5.74) is 3.83. The van der Waals surface area contributed by atoms with E-state index < -0.39 is 0 Å². The molecule has 0 spiro atoms. The summed E-state index contributed by atoms with van der Waals surface area (Å²) in [4.78, 5) is 38.3. The molecule has 1 aliphatic rings. The molecular weight excluding hydrogens is 368 g/mol. The van der Waals surface area contributed by atoms with Gasteiger partial charge in [-0.1, -0.05) is 18.2 Å². The zero-order valence-corrected chi connectivity index (χ0v) is 16.9. The Labute approximate surface area is 170 Å². The van der Waals surface area contributed by atoms with Crippen molar-refractivity contribution >= 4 is 23.3 Å². The van der Waals surface area contributed by atoms with Crippen LogP contribution >= 0.6 is 0 Å². The van der Waals surface area contributed by atoms with Crippen LogP contribution < -0.4 is 10.1 Å². The highest BCUT2D eigenvalue weighted by Crippen LogP contribution is 2.23. The number of Topliss-reactive ketones (excluding diaryl/α,β-unsaturated/α-hetero) is 1. The normalized spacial score (nSPS) is 12.2. The van der Waals surface area contributed by atoms with Crippen molar-refractivity contribution in [2.24, 2.45) is 0 Å². The highest BCUT2D eigenvalue weighted by Gasteiger charge is 2.17. The van der Waals surface area contributed by atoms with Gasteiger partial charge in [-0.2, -0.15) is 0 Å². The fourth-order valence-corrected chi connectivity index (χ4v) is 3.51. The first-order valence-corrected chi connectivity index (χ1v) is 9.79. The van der Waals surface area contributed by atoms with E-state index in [1.54, 1.807) is 38.4 Å². The molecule has 1 N–H and O–H groups in total. The Morgan fingerprint density at radius 3 is 2.62 bits per heavy atom. The van der Waals surface area contributed by atoms with Crippen LogP contribution in [-0.4, -0.2) is 43.2 Å². The van der Waals surface area contributed by atoms with Gasteiger partial charge >= 0.3 is 0 Å². The number of amides is 2. The number of anilines is 1. The van der Waals surface area contributed by atoms with Crippen LogP contribution in [0.4, 0.5) is 5.69 Å². The predicted octanol–water partition coefficient (Wildman–Crippen LogP) is 3.24. The maximum Gasteiger partial charge on any atom is 0.243 e. The molecule has 2 aromatic carbocycles. The number of nitrogens with zero attached hydrogens (tertiary/aromatic N) is 1. The molecule has 0 atom stereocenters. The molecule has 0 aliphatic heterocycles. The molecule has 0 bridgehead atoms. The number of carbonyl (C=O) groups excluding carboxylic acids is 3. The average molecular weight is 394 g/mol. The number of aryl methyl sites for hydroxylation is 2. The van der Waals surface area contributed by atoms with Gasteiger partial charge < -0.3 is 15.0 Å². The standard InChI is InChI=1S/C23H26N2O4/c1-25(15-22(27)24-19-7-4-8-20(14-19)29-2)23(28)12-11-21(26)18-10-9-16-5-3-6-17(16)13-18/h4,7-10,13-14H,3,5-6,11-12,15H2,1-2H3,(H,24,27). The minimum atomic E-state index is -0.306. The largest absolute Gasteiger partial charge is 0.497 e. The number of methoxy groups -OCH3 is 1. The second kappa shape index (κ2) is 9.37. The summed E-state index contributed by atoms with van der Waals surface area (Å²) in [5, 5.41) is 2.74. The van der Waals surface area contributed by atoms with Crippen molar-refractivity contribution in [1.82, 2.24) is 4.90 Å². The first-order valence-electron chi connectivity index (χ1n) is 9.79. The molecule has 2 aromatic rings. The number of ether oxygens (including phenoxy) is 1. The molecular formula is C23H26N2O4. The lowest BCUT2D eigenvalue weighted by Gasteiger charge is -2.17. The predicted molar refractivity (Wildman–Crippen MR) is 111 cm³/mol. The maximum atomic E-state index is 12.4. The van der Waals surface area contributed by atoms with Crippen molar-refractivity contribution < 1.29 is 19.1 Å². The Kier molecular flexibility index (Phi) is 6.65. The Morgan fingerprint density at radius 1 is 1.03 bits per heavy atom. The van der Waals surface area contributed by atoms with Crippen molar-refractivity contribution in [3.8, 4) is 5.75 Å². The number of ketones is 1. The Balaban J connectivity index is 1.47. The van der Waals surface area contributed by atoms with Gasteiger partial charge in [-0.05, 0) is 48.6 Å². The van der Waals surface area contributed by atoms with Crippen molar-refractivity contribution in [3.05, 3.63) is 59.2 Å². The van der Waals surface area contributed by atoms with Gasteiger partial charge in [0.15, 0.2) is 5.78 Å². The summed E-state index contributed by atoms with van der Waals surface area (Å²) in [5.74, 6) is 0.0546. The molecule has 1 aliphatic carbocycles. The monoisotopic (exact) mass is 394 g/mol. The van der Waals surface area contributed by atoms with Gasteiger partial charge in [0.1, 0.15) is 5.75 Å². The van der Waals surface area contributed by atoms with Crippen LogP contribution in [0.15, 0.2) is 42.5 Å². The summed E-state index contributed by atoms with van der Waals surface area (Å²) < 4.78 is 5.12. The summed E-state index contributed by atoms with van der Waals surface area (Å²) in [6.45, 7) is -0.0803. The summed E-state index contributed by atoms with van der Waals surface area (Å²) in [6.07, 6.45) is 3.44. The van der Waals surface area contributed by atoms with Crippen molar-refractivity contribution in [2.45, 2.75) is 32.1 Å². The number of hydrogen-bond donors (Lipinski definition) is 1. The molecule has 0 fully saturated rings. The zero-order chi connectivity index (χ0) is 20.8. The van der Waals surface area contributed by atoms with Crippen LogP contribution in [0.3, 0.4) is 0 Å². The number of fused-ring (bicyclic) bond motifs is 1. The molecule has 0 saturated carbocycles. The Hall–Kier alpha value is -3.15. The summed E-state index contributed by atoms with van der Waals surface area (Å²) in [6, 6.07) is 12.8. The molecule has 0 saturated heterocycles. The van der Waals surface area contributed by atoms with Gasteiger partial charge in [-0.3, -0.25) is 14.4 Å². The van der Waals surface area contributed by atoms with Crippen molar-refractivity contribution in [2.75, 3.05) is 26.0 Å². The third-order valence-corrected chi connectivity index (χ3v) is 5.15. The lowest BCUT2D eigenvalue weighted by molar-refractivity contribution is -0.133. The number of hydrogen-bond acceptors (Lipinski definition) is 4. The van der Waals surface area contributed by atoms with Crippen LogP contribution in [0.2, 0.25) is 0 Å². The SMILES string of the molecule is COc1cccc(NC(=O)CN(C)C(=O)CCC(=O)c2ccc3c(c2)CCC3)c1. The van der Waals surface area contributed by atoms with E-state index in [2.05, 4.69) is 5.32 Å². The van der Waals surface area contributed by atoms with Crippen LogP contribution in [-0.2, 0) is 22.4 Å². The fraction of sp³-hybridized carbons (Fsp3) is 0.348. The van der Waals surface area contributed by atoms with E-state index >= 15 is 0 Å². The third kappa shape index (κ3) is 5.44. The summed E-state index contributed by atoms with van der Waals surface area (Å²) >= 11 is 0. The van der Waals surface area contributed by atoms with E-state index in [0.717, 1.165) is 19.3 Å². The second-order valence-electron chi connectivity index (χ2n) is 7.29. The average Bonchev–Trinajstić information content (AvgIpc) is 3.19. The number of likely N-dealkylation sites (N-methyl/N-ethyl adjacent to an activating group) is 1. The number of carbonyl (C=O) groups is 3. The summed E-state index contributed by atoms with van der Waals surface area (Å²) in [7, 11) is 3.12. The minimum absolute atomic E-state index is 0.0396. The second-order valence-corrected chi connectivity index (χ2v) is 7.29. The highest BCUT2D eigenvalue weighted by atomic mass is 16.5. The molecule has 0 unspecified atom stereocenters. The van der Waals surface area contributed by atoms with Gasteiger partial charge in [0.2, 0.25) is 11.8 Å². The first-order chi connectivity index (χ1) is 14.0. The van der Waals surface area contributed by atoms with E-state index in [9.17, 15) is 14.4 Å². The number of rotatable bonds is 8. The van der Waals surface area contributed by atoms with Crippen LogP contribution in [0.5, 0.6) is 5.75 Å². The lowest BCUT2D eigenvalue weighted by atomic mass is 10.0. The van der Waals surface area contributed by atoms with E-state index in [1.165, 1.54) is 16.0 Å². The molecule has 6 heteroatoms. The lowest BCUT2D eigenvalue weighted by Crippen LogP contribution is -2.35. The molecule has 0 heterocycles. The smallest absolute Gasteiger partial charge is 0.243 e. The first kappa shape index (κ1) is 20.6. The highest BCUT2D eigenvalue weighted by molar-refractivity contribution is 5.99. The molecule has 0 aromatic heterocycles. The maximum absolute atomic E-state index is 12.4. The van der Waals surface area contributed by atoms with Gasteiger partial charge in [0.05, 0.1) is 13.7 Å². The minimum Gasteiger partial charge on any atom is -0.497 e. The van der Waals surface area contributed by atoms with Gasteiger partial charge in [0.25, 0.3) is 0 Å².